The lowest BCUT2D eigenvalue weighted by Crippen LogP contribution is -1.89. The molecular formula is C13H8F2O2. The number of hydrogen-bond acceptors (Lipinski definition) is 2. The lowest BCUT2D eigenvalue weighted by molar-refractivity contribution is 0.112. The molecule has 2 aromatic rings. The molecule has 0 fully saturated rings. The molecule has 0 N–H and O–H groups in total. The topological polar surface area (TPSA) is 26.3 Å². The van der Waals surface area contributed by atoms with Crippen molar-refractivity contribution in [2.75, 3.05) is 0 Å². The van der Waals surface area contributed by atoms with Gasteiger partial charge in [-0.15, -0.1) is 0 Å². The van der Waals surface area contributed by atoms with Crippen molar-refractivity contribution < 1.29 is 18.3 Å². The maximum atomic E-state index is 12.9. The Kier molecular flexibility index (Phi) is 3.14. The van der Waals surface area contributed by atoms with Gasteiger partial charge in [0.25, 0.3) is 0 Å². The van der Waals surface area contributed by atoms with Gasteiger partial charge in [0, 0.05) is 11.6 Å². The van der Waals surface area contributed by atoms with Gasteiger partial charge in [0.05, 0.1) is 0 Å². The van der Waals surface area contributed by atoms with Crippen LogP contribution in [-0.2, 0) is 0 Å². The normalized spacial score (nSPS) is 10.0. The molecule has 2 nitrogen and oxygen atoms in total. The van der Waals surface area contributed by atoms with Crippen molar-refractivity contribution in [1.29, 1.82) is 0 Å². The Bertz CT molecular complexity index is 553. The summed E-state index contributed by atoms with van der Waals surface area (Å²) in [5.74, 6) is -1.35. The van der Waals surface area contributed by atoms with E-state index in [2.05, 4.69) is 0 Å². The summed E-state index contributed by atoms with van der Waals surface area (Å²) in [6.45, 7) is 0. The minimum atomic E-state index is -0.978. The zero-order chi connectivity index (χ0) is 12.3. The third-order valence-electron chi connectivity index (χ3n) is 2.12. The van der Waals surface area contributed by atoms with E-state index in [1.165, 1.54) is 12.1 Å². The predicted molar refractivity (Wildman–Crippen MR) is 58.3 cm³/mol. The molecule has 2 rings (SSSR count). The van der Waals surface area contributed by atoms with Crippen LogP contribution in [0.4, 0.5) is 8.78 Å². The monoisotopic (exact) mass is 234 g/mol. The van der Waals surface area contributed by atoms with Crippen LogP contribution in [0.25, 0.3) is 0 Å². The first-order valence-corrected chi connectivity index (χ1v) is 4.87. The average molecular weight is 234 g/mol. The second kappa shape index (κ2) is 4.74. The van der Waals surface area contributed by atoms with Crippen molar-refractivity contribution in [2.45, 2.75) is 0 Å². The fourth-order valence-electron chi connectivity index (χ4n) is 1.33. The summed E-state index contributed by atoms with van der Waals surface area (Å²) in [6, 6.07) is 9.62. The molecule has 0 heterocycles. The quantitative estimate of drug-likeness (QED) is 0.759. The second-order valence-corrected chi connectivity index (χ2v) is 3.37. The van der Waals surface area contributed by atoms with Gasteiger partial charge in [-0.2, -0.15) is 0 Å². The zero-order valence-electron chi connectivity index (χ0n) is 8.69. The van der Waals surface area contributed by atoms with Crippen molar-refractivity contribution in [2.24, 2.45) is 0 Å². The standard InChI is InChI=1S/C13H8F2O2/c14-12-5-4-11(7-13(12)15)17-10-3-1-2-9(6-10)8-16/h1-8H. The molecule has 0 aromatic heterocycles. The zero-order valence-corrected chi connectivity index (χ0v) is 8.69. The minimum Gasteiger partial charge on any atom is -0.457 e. The van der Waals surface area contributed by atoms with E-state index in [1.807, 2.05) is 0 Å². The Morgan fingerprint density at radius 1 is 0.941 bits per heavy atom. The van der Waals surface area contributed by atoms with E-state index >= 15 is 0 Å². The molecule has 0 saturated heterocycles. The number of aldehydes is 1. The first-order valence-electron chi connectivity index (χ1n) is 4.87. The van der Waals surface area contributed by atoms with E-state index in [4.69, 9.17) is 4.74 Å². The van der Waals surface area contributed by atoms with Gasteiger partial charge in [-0.05, 0) is 24.3 Å². The molecule has 0 aliphatic heterocycles. The van der Waals surface area contributed by atoms with Crippen LogP contribution in [0.3, 0.4) is 0 Å². The van der Waals surface area contributed by atoms with Crippen molar-refractivity contribution in [3.8, 4) is 11.5 Å². The molecule has 2 aromatic carbocycles. The lowest BCUT2D eigenvalue weighted by atomic mass is 10.2. The van der Waals surface area contributed by atoms with Crippen LogP contribution in [0.2, 0.25) is 0 Å². The average Bonchev–Trinajstić information content (AvgIpc) is 2.34. The Balaban J connectivity index is 2.24. The fourth-order valence-corrected chi connectivity index (χ4v) is 1.33. The highest BCUT2D eigenvalue weighted by Gasteiger charge is 2.04. The molecule has 0 aliphatic rings. The van der Waals surface area contributed by atoms with E-state index in [9.17, 15) is 13.6 Å². The second-order valence-electron chi connectivity index (χ2n) is 3.37. The smallest absolute Gasteiger partial charge is 0.162 e. The first-order chi connectivity index (χ1) is 8.19. The van der Waals surface area contributed by atoms with Crippen LogP contribution in [-0.4, -0.2) is 6.29 Å². The van der Waals surface area contributed by atoms with Crippen molar-refractivity contribution in [1.82, 2.24) is 0 Å². The number of hydrogen-bond donors (Lipinski definition) is 0. The molecule has 17 heavy (non-hydrogen) atoms. The van der Waals surface area contributed by atoms with Crippen molar-refractivity contribution >= 4 is 6.29 Å². The Hall–Kier alpha value is -2.23. The number of ether oxygens (including phenoxy) is 1. The van der Waals surface area contributed by atoms with Gasteiger partial charge < -0.3 is 4.74 Å². The van der Waals surface area contributed by atoms with Gasteiger partial charge in [-0.3, -0.25) is 4.79 Å². The van der Waals surface area contributed by atoms with Crippen molar-refractivity contribution in [3.05, 3.63) is 59.7 Å². The van der Waals surface area contributed by atoms with E-state index < -0.39 is 11.6 Å². The summed E-state index contributed by atoms with van der Waals surface area (Å²) in [7, 11) is 0. The van der Waals surface area contributed by atoms with Crippen molar-refractivity contribution in [3.63, 3.8) is 0 Å². The molecule has 0 aliphatic carbocycles. The van der Waals surface area contributed by atoms with Gasteiger partial charge in [-0.25, -0.2) is 8.78 Å². The highest BCUT2D eigenvalue weighted by molar-refractivity contribution is 5.75. The molecule has 0 spiro atoms. The number of rotatable bonds is 3. The van der Waals surface area contributed by atoms with E-state index in [0.29, 0.717) is 17.6 Å². The summed E-state index contributed by atoms with van der Waals surface area (Å²) in [6.07, 6.45) is 0.679. The SMILES string of the molecule is O=Cc1cccc(Oc2ccc(F)c(F)c2)c1. The maximum absolute atomic E-state index is 12.9. The third-order valence-corrected chi connectivity index (χ3v) is 2.12. The third kappa shape index (κ3) is 2.66. The molecule has 0 amide bonds. The van der Waals surface area contributed by atoms with Gasteiger partial charge in [0.1, 0.15) is 17.8 Å². The summed E-state index contributed by atoms with van der Waals surface area (Å²) in [5.41, 5.74) is 0.449. The minimum absolute atomic E-state index is 0.173. The molecule has 0 saturated carbocycles. The molecule has 4 heteroatoms. The van der Waals surface area contributed by atoms with Crippen LogP contribution in [0.5, 0.6) is 11.5 Å². The summed E-state index contributed by atoms with van der Waals surface area (Å²) >= 11 is 0. The molecule has 0 unspecified atom stereocenters. The molecule has 0 atom stereocenters. The van der Waals surface area contributed by atoms with Gasteiger partial charge in [0.15, 0.2) is 11.6 Å². The fraction of sp³-hybridized carbons (Fsp3) is 0. The van der Waals surface area contributed by atoms with Crippen LogP contribution in [0.15, 0.2) is 42.5 Å². The van der Waals surface area contributed by atoms with Crippen LogP contribution in [0.1, 0.15) is 10.4 Å². The predicted octanol–water partition coefficient (Wildman–Crippen LogP) is 3.57. The Morgan fingerprint density at radius 2 is 1.71 bits per heavy atom. The highest BCUT2D eigenvalue weighted by atomic mass is 19.2. The molecule has 0 radical (unpaired) electrons. The molecule has 0 bridgehead atoms. The van der Waals surface area contributed by atoms with Crippen LogP contribution in [0, 0.1) is 11.6 Å². The highest BCUT2D eigenvalue weighted by Crippen LogP contribution is 2.23. The number of carbonyl (C=O) groups is 1. The largest absolute Gasteiger partial charge is 0.457 e. The van der Waals surface area contributed by atoms with E-state index in [-0.39, 0.29) is 5.75 Å². The lowest BCUT2D eigenvalue weighted by Gasteiger charge is -2.06. The Morgan fingerprint density at radius 3 is 2.41 bits per heavy atom. The van der Waals surface area contributed by atoms with Gasteiger partial charge in [-0.1, -0.05) is 12.1 Å². The van der Waals surface area contributed by atoms with E-state index in [0.717, 1.165) is 12.1 Å². The summed E-state index contributed by atoms with van der Waals surface area (Å²) < 4.78 is 30.9. The Labute approximate surface area is 96.5 Å². The number of halogens is 2. The van der Waals surface area contributed by atoms with Crippen LogP contribution < -0.4 is 4.74 Å². The van der Waals surface area contributed by atoms with Gasteiger partial charge in [0.2, 0.25) is 0 Å². The summed E-state index contributed by atoms with van der Waals surface area (Å²) in [4.78, 5) is 10.5. The van der Waals surface area contributed by atoms with Gasteiger partial charge >= 0.3 is 0 Å². The molecule has 86 valence electrons. The van der Waals surface area contributed by atoms with Crippen LogP contribution >= 0.6 is 0 Å². The summed E-state index contributed by atoms with van der Waals surface area (Å²) in [5, 5.41) is 0. The number of carbonyl (C=O) groups excluding carboxylic acids is 1. The first kappa shape index (κ1) is 11.3. The van der Waals surface area contributed by atoms with E-state index in [1.54, 1.807) is 18.2 Å². The number of benzene rings is 2. The molecular weight excluding hydrogens is 226 g/mol. The maximum Gasteiger partial charge on any atom is 0.162 e.